The van der Waals surface area contributed by atoms with Gasteiger partial charge in [-0.15, -0.1) is 0 Å². The first kappa shape index (κ1) is 20.6. The summed E-state index contributed by atoms with van der Waals surface area (Å²) in [5.74, 6) is -1.26. The molecular formula is C24H28N2O3. The molecule has 1 heterocycles. The van der Waals surface area contributed by atoms with Crippen molar-refractivity contribution in [3.8, 4) is 5.75 Å². The van der Waals surface area contributed by atoms with Crippen molar-refractivity contribution >= 4 is 28.3 Å². The highest BCUT2D eigenvalue weighted by atomic mass is 16.3. The summed E-state index contributed by atoms with van der Waals surface area (Å²) in [5.41, 5.74) is 2.68. The van der Waals surface area contributed by atoms with Gasteiger partial charge in [0.15, 0.2) is 0 Å². The number of aromatic amines is 1. The van der Waals surface area contributed by atoms with E-state index in [4.69, 9.17) is 0 Å². The van der Waals surface area contributed by atoms with Crippen LogP contribution in [0.3, 0.4) is 0 Å². The molecule has 1 amide bonds. The Morgan fingerprint density at radius 1 is 0.931 bits per heavy atom. The normalized spacial score (nSPS) is 12.2. The number of amides is 1. The zero-order valence-corrected chi connectivity index (χ0v) is 17.8. The van der Waals surface area contributed by atoms with Crippen molar-refractivity contribution in [2.75, 3.05) is 5.32 Å². The third-order valence-electron chi connectivity index (χ3n) is 5.04. The zero-order valence-electron chi connectivity index (χ0n) is 17.8. The molecule has 29 heavy (non-hydrogen) atoms. The number of carbonyl (C=O) groups is 2. The monoisotopic (exact) mass is 392 g/mol. The summed E-state index contributed by atoms with van der Waals surface area (Å²) >= 11 is 0. The summed E-state index contributed by atoms with van der Waals surface area (Å²) in [6.07, 6.45) is 1.55. The molecule has 3 aromatic rings. The number of phenolic OH excluding ortho intramolecular Hbond substituents is 1. The second kappa shape index (κ2) is 7.07. The molecule has 0 aliphatic heterocycles. The molecule has 3 N–H and O–H groups in total. The fourth-order valence-electron chi connectivity index (χ4n) is 3.47. The number of carbonyl (C=O) groups excluding carboxylic acids is 2. The Kier molecular flexibility index (Phi) is 5.03. The molecule has 5 heteroatoms. The maximum absolute atomic E-state index is 12.8. The molecule has 0 atom stereocenters. The molecule has 1 aromatic heterocycles. The molecule has 2 aromatic carbocycles. The molecule has 0 unspecified atom stereocenters. The number of Topliss-reactive ketones (excluding diaryl/α,β-unsaturated/α-hetero) is 1. The van der Waals surface area contributed by atoms with E-state index in [0.29, 0.717) is 16.6 Å². The molecular weight excluding hydrogens is 364 g/mol. The molecule has 5 nitrogen and oxygen atoms in total. The Hall–Kier alpha value is -3.08. The zero-order chi connectivity index (χ0) is 21.6. The van der Waals surface area contributed by atoms with E-state index < -0.39 is 11.7 Å². The van der Waals surface area contributed by atoms with E-state index in [9.17, 15) is 14.7 Å². The minimum atomic E-state index is -0.733. The Morgan fingerprint density at radius 2 is 1.55 bits per heavy atom. The topological polar surface area (TPSA) is 82.2 Å². The summed E-state index contributed by atoms with van der Waals surface area (Å²) in [6, 6.07) is 10.8. The number of benzene rings is 2. The van der Waals surface area contributed by atoms with E-state index in [0.717, 1.165) is 16.6 Å². The number of hydrogen-bond acceptors (Lipinski definition) is 3. The Morgan fingerprint density at radius 3 is 2.17 bits per heavy atom. The lowest BCUT2D eigenvalue weighted by molar-refractivity contribution is -0.112. The van der Waals surface area contributed by atoms with Crippen LogP contribution in [0.5, 0.6) is 5.75 Å². The largest absolute Gasteiger partial charge is 0.508 e. The van der Waals surface area contributed by atoms with Crippen LogP contribution in [0.4, 0.5) is 5.69 Å². The number of phenols is 1. The summed E-state index contributed by atoms with van der Waals surface area (Å²) in [6.45, 7) is 12.2. The van der Waals surface area contributed by atoms with E-state index in [1.807, 2.05) is 65.8 Å². The fourth-order valence-corrected chi connectivity index (χ4v) is 3.47. The maximum Gasteiger partial charge on any atom is 0.296 e. The highest BCUT2D eigenvalue weighted by molar-refractivity contribution is 6.48. The van der Waals surface area contributed by atoms with Crippen molar-refractivity contribution in [2.24, 2.45) is 0 Å². The summed E-state index contributed by atoms with van der Waals surface area (Å²) in [5, 5.41) is 14.0. The van der Waals surface area contributed by atoms with Gasteiger partial charge in [0.05, 0.1) is 5.56 Å². The van der Waals surface area contributed by atoms with Crippen molar-refractivity contribution in [1.29, 1.82) is 0 Å². The van der Waals surface area contributed by atoms with E-state index in [1.165, 1.54) is 0 Å². The number of aromatic nitrogens is 1. The summed E-state index contributed by atoms with van der Waals surface area (Å²) in [4.78, 5) is 28.6. The molecule has 0 aliphatic carbocycles. The quantitative estimate of drug-likeness (QED) is 0.418. The predicted octanol–water partition coefficient (Wildman–Crippen LogP) is 5.29. The standard InChI is InChI=1S/C24H28N2O3/c1-23(2,3)16-11-17(24(4,5)6)20(27)12-19(16)26-22(29)21(28)15-13-25-18-10-8-7-9-14(15)18/h7-13,25,27H,1-6H3,(H,26,29). The van der Waals surface area contributed by atoms with Gasteiger partial charge in [-0.2, -0.15) is 0 Å². The number of aromatic hydroxyl groups is 1. The van der Waals surface area contributed by atoms with Gasteiger partial charge in [0.25, 0.3) is 11.7 Å². The fraction of sp³-hybridized carbons (Fsp3) is 0.333. The number of fused-ring (bicyclic) bond motifs is 1. The van der Waals surface area contributed by atoms with Gasteiger partial charge in [0, 0.05) is 28.9 Å². The van der Waals surface area contributed by atoms with Gasteiger partial charge >= 0.3 is 0 Å². The van der Waals surface area contributed by atoms with Gasteiger partial charge < -0.3 is 15.4 Å². The van der Waals surface area contributed by atoms with E-state index in [1.54, 1.807) is 18.3 Å². The number of para-hydroxylation sites is 1. The molecule has 3 rings (SSSR count). The lowest BCUT2D eigenvalue weighted by Gasteiger charge is -2.28. The Balaban J connectivity index is 1.99. The van der Waals surface area contributed by atoms with E-state index >= 15 is 0 Å². The van der Waals surface area contributed by atoms with Crippen LogP contribution in [0.1, 0.15) is 63.0 Å². The first-order chi connectivity index (χ1) is 13.4. The molecule has 0 radical (unpaired) electrons. The second-order valence-corrected chi connectivity index (χ2v) is 9.45. The third kappa shape index (κ3) is 4.04. The van der Waals surface area contributed by atoms with Gasteiger partial charge in [-0.05, 0) is 34.1 Å². The number of rotatable bonds is 3. The second-order valence-electron chi connectivity index (χ2n) is 9.45. The lowest BCUT2D eigenvalue weighted by Crippen LogP contribution is -2.26. The van der Waals surface area contributed by atoms with Gasteiger partial charge in [0.1, 0.15) is 5.75 Å². The molecule has 152 valence electrons. The summed E-state index contributed by atoms with van der Waals surface area (Å²) < 4.78 is 0. The minimum Gasteiger partial charge on any atom is -0.508 e. The van der Waals surface area contributed by atoms with Crippen LogP contribution in [0.25, 0.3) is 10.9 Å². The SMILES string of the molecule is CC(C)(C)c1cc(C(C)(C)C)c(NC(=O)C(=O)c2c[nH]c3ccccc23)cc1O. The average Bonchev–Trinajstić information content (AvgIpc) is 3.03. The third-order valence-corrected chi connectivity index (χ3v) is 5.04. The van der Waals surface area contributed by atoms with E-state index in [-0.39, 0.29) is 16.6 Å². The average molecular weight is 392 g/mol. The molecule has 0 saturated carbocycles. The van der Waals surface area contributed by atoms with E-state index in [2.05, 4.69) is 10.3 Å². The van der Waals surface area contributed by atoms with Crippen LogP contribution in [0, 0.1) is 0 Å². The highest BCUT2D eigenvalue weighted by Gasteiger charge is 2.28. The molecule has 0 saturated heterocycles. The van der Waals surface area contributed by atoms with Crippen LogP contribution in [-0.4, -0.2) is 21.8 Å². The maximum atomic E-state index is 12.8. The van der Waals surface area contributed by atoms with Crippen LogP contribution in [-0.2, 0) is 15.6 Å². The Bertz CT molecular complexity index is 1100. The van der Waals surface area contributed by atoms with Gasteiger partial charge in [-0.3, -0.25) is 9.59 Å². The van der Waals surface area contributed by atoms with Gasteiger partial charge in [0.2, 0.25) is 0 Å². The molecule has 0 bridgehead atoms. The van der Waals surface area contributed by atoms with Crippen LogP contribution < -0.4 is 5.32 Å². The lowest BCUT2D eigenvalue weighted by atomic mass is 9.79. The number of hydrogen-bond donors (Lipinski definition) is 3. The number of ketones is 1. The van der Waals surface area contributed by atoms with Crippen molar-refractivity contribution in [2.45, 2.75) is 52.4 Å². The van der Waals surface area contributed by atoms with Gasteiger partial charge in [-0.1, -0.05) is 59.7 Å². The number of anilines is 1. The molecule has 0 spiro atoms. The summed E-state index contributed by atoms with van der Waals surface area (Å²) in [7, 11) is 0. The van der Waals surface area contributed by atoms with Crippen LogP contribution in [0.2, 0.25) is 0 Å². The minimum absolute atomic E-state index is 0.0975. The van der Waals surface area contributed by atoms with Crippen molar-refractivity contribution in [3.05, 3.63) is 59.3 Å². The number of H-pyrrole nitrogens is 1. The number of nitrogens with one attached hydrogen (secondary N) is 2. The first-order valence-corrected chi connectivity index (χ1v) is 9.69. The van der Waals surface area contributed by atoms with Gasteiger partial charge in [-0.25, -0.2) is 0 Å². The van der Waals surface area contributed by atoms with Crippen LogP contribution in [0.15, 0.2) is 42.6 Å². The molecule has 0 fully saturated rings. The van der Waals surface area contributed by atoms with Crippen molar-refractivity contribution < 1.29 is 14.7 Å². The predicted molar refractivity (Wildman–Crippen MR) is 117 cm³/mol. The Labute approximate surface area is 171 Å². The smallest absolute Gasteiger partial charge is 0.296 e. The van der Waals surface area contributed by atoms with Crippen molar-refractivity contribution in [3.63, 3.8) is 0 Å². The van der Waals surface area contributed by atoms with Crippen molar-refractivity contribution in [1.82, 2.24) is 4.98 Å². The molecule has 0 aliphatic rings. The highest BCUT2D eigenvalue weighted by Crippen LogP contribution is 2.39. The first-order valence-electron chi connectivity index (χ1n) is 9.69. The van der Waals surface area contributed by atoms with Crippen LogP contribution >= 0.6 is 0 Å².